The Bertz CT molecular complexity index is 528. The molecule has 7 heteroatoms. The van der Waals surface area contributed by atoms with Gasteiger partial charge in [0.25, 0.3) is 0 Å². The third-order valence-corrected chi connectivity index (χ3v) is 3.86. The fourth-order valence-electron chi connectivity index (χ4n) is 1.23. The van der Waals surface area contributed by atoms with E-state index in [9.17, 15) is 4.79 Å². The Morgan fingerprint density at radius 3 is 3.00 bits per heavy atom. The molecule has 0 amide bonds. The Morgan fingerprint density at radius 2 is 2.35 bits per heavy atom. The van der Waals surface area contributed by atoms with Crippen molar-refractivity contribution in [3.05, 3.63) is 30.1 Å². The molecule has 0 unspecified atom stereocenters. The van der Waals surface area contributed by atoms with Crippen LogP contribution in [0.4, 0.5) is 5.69 Å². The molecule has 0 aliphatic rings. The smallest absolute Gasteiger partial charge is 0.339 e. The predicted molar refractivity (Wildman–Crippen MR) is 66.2 cm³/mol. The minimum absolute atomic E-state index is 0.413. The van der Waals surface area contributed by atoms with Crippen LogP contribution in [0.5, 0.6) is 0 Å². The van der Waals surface area contributed by atoms with Crippen LogP contribution in [0, 0.1) is 0 Å². The fraction of sp³-hybridized carbons (Fsp3) is 0.100. The third-order valence-electron chi connectivity index (χ3n) is 1.98. The Hall–Kier alpha value is -1.60. The van der Waals surface area contributed by atoms with Crippen molar-refractivity contribution in [2.75, 3.05) is 12.8 Å². The molecule has 0 aliphatic carbocycles. The second-order valence-electron chi connectivity index (χ2n) is 3.02. The van der Waals surface area contributed by atoms with Crippen molar-refractivity contribution < 1.29 is 9.53 Å². The molecule has 88 valence electrons. The van der Waals surface area contributed by atoms with Gasteiger partial charge in [-0.2, -0.15) is 4.37 Å². The van der Waals surface area contributed by atoms with Gasteiger partial charge in [0, 0.05) is 5.69 Å². The fourth-order valence-corrected chi connectivity index (χ4v) is 2.76. The van der Waals surface area contributed by atoms with Crippen LogP contribution in [0.3, 0.4) is 0 Å². The molecular weight excluding hydrogens is 258 g/mol. The molecule has 1 aromatic heterocycles. The summed E-state index contributed by atoms with van der Waals surface area (Å²) in [5.41, 5.74) is 6.82. The number of aromatic nitrogens is 2. The van der Waals surface area contributed by atoms with Crippen LogP contribution in [0.25, 0.3) is 0 Å². The summed E-state index contributed by atoms with van der Waals surface area (Å²) in [5, 5.41) is 0. The van der Waals surface area contributed by atoms with Crippen LogP contribution in [0.1, 0.15) is 10.4 Å². The lowest BCUT2D eigenvalue weighted by atomic mass is 10.2. The number of ether oxygens (including phenoxy) is 1. The quantitative estimate of drug-likeness (QED) is 0.677. The van der Waals surface area contributed by atoms with E-state index in [1.807, 2.05) is 0 Å². The topological polar surface area (TPSA) is 78.1 Å². The number of benzene rings is 1. The van der Waals surface area contributed by atoms with E-state index in [1.54, 1.807) is 18.2 Å². The number of nitrogens with two attached hydrogens (primary N) is 1. The maximum atomic E-state index is 11.6. The first-order chi connectivity index (χ1) is 8.22. The first-order valence-electron chi connectivity index (χ1n) is 4.63. The van der Waals surface area contributed by atoms with E-state index >= 15 is 0 Å². The molecule has 0 bridgehead atoms. The first-order valence-corrected chi connectivity index (χ1v) is 6.22. The molecule has 0 spiro atoms. The van der Waals surface area contributed by atoms with E-state index in [0.29, 0.717) is 16.1 Å². The van der Waals surface area contributed by atoms with E-state index in [4.69, 9.17) is 10.5 Å². The number of methoxy groups -OCH3 is 1. The van der Waals surface area contributed by atoms with Crippen LogP contribution in [-0.4, -0.2) is 22.4 Å². The highest BCUT2D eigenvalue weighted by molar-refractivity contribution is 8.01. The van der Waals surface area contributed by atoms with Crippen molar-refractivity contribution in [2.24, 2.45) is 0 Å². The van der Waals surface area contributed by atoms with Gasteiger partial charge in [0.1, 0.15) is 6.33 Å². The van der Waals surface area contributed by atoms with Gasteiger partial charge in [0.15, 0.2) is 4.34 Å². The largest absolute Gasteiger partial charge is 0.465 e. The standard InChI is InChI=1S/C10H9N3O2S2/c1-15-9(14)6-3-2-4-7(11)8(6)16-10-12-5-13-17-10/h2-5H,11H2,1H3. The third kappa shape index (κ3) is 2.56. The molecule has 0 saturated carbocycles. The maximum Gasteiger partial charge on any atom is 0.339 e. The average molecular weight is 267 g/mol. The van der Waals surface area contributed by atoms with Crippen LogP contribution in [0.15, 0.2) is 33.8 Å². The van der Waals surface area contributed by atoms with Crippen molar-refractivity contribution in [1.82, 2.24) is 9.36 Å². The van der Waals surface area contributed by atoms with Crippen molar-refractivity contribution in [1.29, 1.82) is 0 Å². The molecule has 5 nitrogen and oxygen atoms in total. The second-order valence-corrected chi connectivity index (χ2v) is 5.06. The van der Waals surface area contributed by atoms with Gasteiger partial charge in [0.05, 0.1) is 17.6 Å². The van der Waals surface area contributed by atoms with E-state index < -0.39 is 5.97 Å². The number of carbonyl (C=O) groups excluding carboxylic acids is 1. The van der Waals surface area contributed by atoms with Gasteiger partial charge in [-0.3, -0.25) is 0 Å². The van der Waals surface area contributed by atoms with Crippen molar-refractivity contribution in [3.63, 3.8) is 0 Å². The molecule has 2 aromatic rings. The average Bonchev–Trinajstić information content (AvgIpc) is 2.83. The summed E-state index contributed by atoms with van der Waals surface area (Å²) in [6.07, 6.45) is 1.46. The Morgan fingerprint density at radius 1 is 1.53 bits per heavy atom. The maximum absolute atomic E-state index is 11.6. The number of nitrogens with zero attached hydrogens (tertiary/aromatic N) is 2. The minimum atomic E-state index is -0.413. The van der Waals surface area contributed by atoms with Crippen LogP contribution < -0.4 is 5.73 Å². The minimum Gasteiger partial charge on any atom is -0.465 e. The van der Waals surface area contributed by atoms with Gasteiger partial charge >= 0.3 is 5.97 Å². The van der Waals surface area contributed by atoms with Crippen LogP contribution in [0.2, 0.25) is 0 Å². The Labute approximate surface area is 106 Å². The molecule has 0 atom stereocenters. The normalized spacial score (nSPS) is 10.2. The number of nitrogen functional groups attached to an aromatic ring is 1. The molecule has 2 rings (SSSR count). The van der Waals surface area contributed by atoms with Crippen LogP contribution in [-0.2, 0) is 4.74 Å². The highest BCUT2D eigenvalue weighted by Gasteiger charge is 2.16. The highest BCUT2D eigenvalue weighted by atomic mass is 32.2. The first kappa shape index (κ1) is 11.9. The van der Waals surface area contributed by atoms with Crippen molar-refractivity contribution in [2.45, 2.75) is 9.24 Å². The summed E-state index contributed by atoms with van der Waals surface area (Å²) in [6, 6.07) is 5.12. The predicted octanol–water partition coefficient (Wildman–Crippen LogP) is 2.06. The van der Waals surface area contributed by atoms with E-state index in [0.717, 1.165) is 4.34 Å². The molecule has 1 heterocycles. The number of anilines is 1. The summed E-state index contributed by atoms with van der Waals surface area (Å²) < 4.78 is 9.34. The second kappa shape index (κ2) is 5.15. The molecule has 0 saturated heterocycles. The summed E-state index contributed by atoms with van der Waals surface area (Å²) >= 11 is 2.56. The van der Waals surface area contributed by atoms with Gasteiger partial charge in [-0.1, -0.05) is 17.8 Å². The molecule has 0 aliphatic heterocycles. The monoisotopic (exact) mass is 267 g/mol. The van der Waals surface area contributed by atoms with Gasteiger partial charge in [-0.15, -0.1) is 0 Å². The zero-order chi connectivity index (χ0) is 12.3. The van der Waals surface area contributed by atoms with Gasteiger partial charge < -0.3 is 10.5 Å². The highest BCUT2D eigenvalue weighted by Crippen LogP contribution is 2.35. The number of hydrogen-bond acceptors (Lipinski definition) is 7. The van der Waals surface area contributed by atoms with E-state index in [2.05, 4.69) is 9.36 Å². The zero-order valence-electron chi connectivity index (χ0n) is 8.91. The van der Waals surface area contributed by atoms with Crippen LogP contribution >= 0.6 is 23.3 Å². The van der Waals surface area contributed by atoms with Gasteiger partial charge in [-0.05, 0) is 23.7 Å². The van der Waals surface area contributed by atoms with Crippen molar-refractivity contribution in [3.8, 4) is 0 Å². The van der Waals surface area contributed by atoms with E-state index in [-0.39, 0.29) is 0 Å². The molecular formula is C10H9N3O2S2. The number of hydrogen-bond donors (Lipinski definition) is 1. The summed E-state index contributed by atoms with van der Waals surface area (Å²) in [7, 11) is 1.34. The summed E-state index contributed by atoms with van der Waals surface area (Å²) in [4.78, 5) is 16.3. The van der Waals surface area contributed by atoms with Crippen molar-refractivity contribution >= 4 is 35.0 Å². The molecule has 0 fully saturated rings. The molecule has 17 heavy (non-hydrogen) atoms. The lowest BCUT2D eigenvalue weighted by Crippen LogP contribution is -2.04. The SMILES string of the molecule is COC(=O)c1cccc(N)c1Sc1ncns1. The molecule has 1 aromatic carbocycles. The lowest BCUT2D eigenvalue weighted by molar-refractivity contribution is 0.0597. The zero-order valence-corrected chi connectivity index (χ0v) is 10.5. The van der Waals surface area contributed by atoms with Gasteiger partial charge in [0.2, 0.25) is 0 Å². The molecule has 0 radical (unpaired) electrons. The number of rotatable bonds is 3. The summed E-state index contributed by atoms with van der Waals surface area (Å²) in [5.74, 6) is -0.413. The lowest BCUT2D eigenvalue weighted by Gasteiger charge is -2.08. The Kier molecular flexibility index (Phi) is 3.60. The van der Waals surface area contributed by atoms with E-state index in [1.165, 1.54) is 36.7 Å². The Balaban J connectivity index is 2.40. The molecule has 2 N–H and O–H groups in total. The summed E-state index contributed by atoms with van der Waals surface area (Å²) in [6.45, 7) is 0. The van der Waals surface area contributed by atoms with Gasteiger partial charge in [-0.25, -0.2) is 9.78 Å². The number of esters is 1. The number of carbonyl (C=O) groups is 1.